The van der Waals surface area contributed by atoms with Crippen molar-refractivity contribution in [1.29, 1.82) is 0 Å². The Hall–Kier alpha value is -1.30. The lowest BCUT2D eigenvalue weighted by molar-refractivity contribution is 0.524. The summed E-state index contributed by atoms with van der Waals surface area (Å²) in [5, 5.41) is 0. The number of aryl methyl sites for hydroxylation is 1. The molecule has 0 spiro atoms. The smallest absolute Gasteiger partial charge is 0.126 e. The lowest BCUT2D eigenvalue weighted by Crippen LogP contribution is -2.30. The third-order valence-electron chi connectivity index (χ3n) is 3.23. The molecule has 0 heterocycles. The number of nitrogens with one attached hydrogen (secondary N) is 1. The van der Waals surface area contributed by atoms with E-state index in [1.807, 2.05) is 0 Å². The second-order valence-electron chi connectivity index (χ2n) is 4.67. The quantitative estimate of drug-likeness (QED) is 0.656. The van der Waals surface area contributed by atoms with Crippen LogP contribution in [-0.2, 0) is 6.42 Å². The summed E-state index contributed by atoms with van der Waals surface area (Å²) in [5.41, 5.74) is 4.39. The summed E-state index contributed by atoms with van der Waals surface area (Å²) < 4.78 is 28.2. The molecule has 2 aromatic carbocycles. The van der Waals surface area contributed by atoms with Crippen LogP contribution in [0.25, 0.3) is 0 Å². The Morgan fingerprint density at radius 2 is 1.90 bits per heavy atom. The molecule has 2 nitrogen and oxygen atoms in total. The first-order valence-electron chi connectivity index (χ1n) is 6.17. The van der Waals surface area contributed by atoms with Crippen LogP contribution in [0.4, 0.5) is 8.78 Å². The van der Waals surface area contributed by atoms with E-state index in [2.05, 4.69) is 21.4 Å². The molecule has 5 heteroatoms. The van der Waals surface area contributed by atoms with Gasteiger partial charge in [-0.15, -0.1) is 0 Å². The Kier molecular flexibility index (Phi) is 4.86. The van der Waals surface area contributed by atoms with Gasteiger partial charge in [-0.3, -0.25) is 11.3 Å². The molecule has 0 fully saturated rings. The molecule has 2 rings (SSSR count). The van der Waals surface area contributed by atoms with Crippen LogP contribution in [0.15, 0.2) is 40.9 Å². The van der Waals surface area contributed by atoms with Crippen molar-refractivity contribution in [3.8, 4) is 0 Å². The van der Waals surface area contributed by atoms with Crippen LogP contribution in [0, 0.1) is 18.6 Å². The predicted molar refractivity (Wildman–Crippen MR) is 79.0 cm³/mol. The number of hydrazine groups is 1. The second-order valence-corrected chi connectivity index (χ2v) is 5.58. The van der Waals surface area contributed by atoms with Crippen LogP contribution in [-0.4, -0.2) is 0 Å². The molecule has 0 bridgehead atoms. The molecule has 20 heavy (non-hydrogen) atoms. The van der Waals surface area contributed by atoms with Crippen LogP contribution in [0.2, 0.25) is 0 Å². The number of hydrogen-bond acceptors (Lipinski definition) is 2. The fraction of sp³-hybridized carbons (Fsp3) is 0.200. The van der Waals surface area contributed by atoms with E-state index in [9.17, 15) is 8.78 Å². The van der Waals surface area contributed by atoms with Gasteiger partial charge in [-0.25, -0.2) is 8.78 Å². The van der Waals surface area contributed by atoms with Crippen molar-refractivity contribution in [2.75, 3.05) is 0 Å². The van der Waals surface area contributed by atoms with Crippen molar-refractivity contribution in [3.05, 3.63) is 69.2 Å². The van der Waals surface area contributed by atoms with Crippen LogP contribution < -0.4 is 11.3 Å². The summed E-state index contributed by atoms with van der Waals surface area (Å²) in [6, 6.07) is 9.28. The SMILES string of the molecule is Cc1ccc(C(Cc2cc(Br)ccc2F)NN)cc1F. The van der Waals surface area contributed by atoms with Gasteiger partial charge in [0.15, 0.2) is 0 Å². The van der Waals surface area contributed by atoms with Crippen molar-refractivity contribution >= 4 is 15.9 Å². The molecule has 3 N–H and O–H groups in total. The molecule has 106 valence electrons. The monoisotopic (exact) mass is 340 g/mol. The third-order valence-corrected chi connectivity index (χ3v) is 3.72. The molecular formula is C15H15BrF2N2. The van der Waals surface area contributed by atoms with E-state index in [4.69, 9.17) is 5.84 Å². The van der Waals surface area contributed by atoms with Gasteiger partial charge in [0.2, 0.25) is 0 Å². The average molecular weight is 341 g/mol. The van der Waals surface area contributed by atoms with Gasteiger partial charge >= 0.3 is 0 Å². The molecular weight excluding hydrogens is 326 g/mol. The number of halogens is 3. The standard InChI is InChI=1S/C15H15BrF2N2/c1-9-2-3-10(7-14(9)18)15(20-19)8-11-6-12(16)4-5-13(11)17/h2-7,15,20H,8,19H2,1H3. The molecule has 1 atom stereocenters. The van der Waals surface area contributed by atoms with E-state index in [0.29, 0.717) is 23.1 Å². The molecule has 2 aromatic rings. The van der Waals surface area contributed by atoms with Gasteiger partial charge in [-0.05, 0) is 54.3 Å². The van der Waals surface area contributed by atoms with Crippen LogP contribution in [0.3, 0.4) is 0 Å². The van der Waals surface area contributed by atoms with E-state index in [1.54, 1.807) is 31.2 Å². The Morgan fingerprint density at radius 3 is 2.55 bits per heavy atom. The van der Waals surface area contributed by atoms with E-state index in [-0.39, 0.29) is 17.7 Å². The topological polar surface area (TPSA) is 38.0 Å². The number of nitrogens with two attached hydrogens (primary N) is 1. The van der Waals surface area contributed by atoms with Crippen molar-refractivity contribution in [2.45, 2.75) is 19.4 Å². The fourth-order valence-corrected chi connectivity index (χ4v) is 2.43. The van der Waals surface area contributed by atoms with Gasteiger partial charge in [-0.1, -0.05) is 28.1 Å². The van der Waals surface area contributed by atoms with Gasteiger partial charge in [0, 0.05) is 4.47 Å². The van der Waals surface area contributed by atoms with Crippen molar-refractivity contribution in [3.63, 3.8) is 0 Å². The third kappa shape index (κ3) is 3.42. The number of hydrogen-bond donors (Lipinski definition) is 2. The van der Waals surface area contributed by atoms with Gasteiger partial charge in [0.05, 0.1) is 6.04 Å². The largest absolute Gasteiger partial charge is 0.271 e. The summed E-state index contributed by atoms with van der Waals surface area (Å²) in [6.45, 7) is 1.69. The molecule has 0 saturated carbocycles. The molecule has 0 saturated heterocycles. The molecule has 0 aromatic heterocycles. The first-order valence-corrected chi connectivity index (χ1v) is 6.96. The fourth-order valence-electron chi connectivity index (χ4n) is 2.02. The van der Waals surface area contributed by atoms with E-state index in [1.165, 1.54) is 12.1 Å². The van der Waals surface area contributed by atoms with Crippen molar-refractivity contribution in [1.82, 2.24) is 5.43 Å². The highest BCUT2D eigenvalue weighted by Gasteiger charge is 2.15. The predicted octanol–water partition coefficient (Wildman–Crippen LogP) is 3.78. The molecule has 0 amide bonds. The Morgan fingerprint density at radius 1 is 1.15 bits per heavy atom. The van der Waals surface area contributed by atoms with Gasteiger partial charge < -0.3 is 0 Å². The highest BCUT2D eigenvalue weighted by Crippen LogP contribution is 2.23. The first kappa shape index (κ1) is 15.1. The van der Waals surface area contributed by atoms with Gasteiger partial charge in [0.25, 0.3) is 0 Å². The van der Waals surface area contributed by atoms with Crippen LogP contribution >= 0.6 is 15.9 Å². The lowest BCUT2D eigenvalue weighted by Gasteiger charge is -2.17. The summed E-state index contributed by atoms with van der Waals surface area (Å²) in [6.07, 6.45) is 0.338. The van der Waals surface area contributed by atoms with Crippen molar-refractivity contribution < 1.29 is 8.78 Å². The van der Waals surface area contributed by atoms with E-state index < -0.39 is 0 Å². The second kappa shape index (κ2) is 6.43. The highest BCUT2D eigenvalue weighted by atomic mass is 79.9. The summed E-state index contributed by atoms with van der Waals surface area (Å²) >= 11 is 3.31. The minimum absolute atomic E-state index is 0.294. The minimum Gasteiger partial charge on any atom is -0.271 e. The molecule has 0 aliphatic carbocycles. The maximum absolute atomic E-state index is 13.8. The zero-order valence-corrected chi connectivity index (χ0v) is 12.5. The van der Waals surface area contributed by atoms with Crippen molar-refractivity contribution in [2.24, 2.45) is 5.84 Å². The summed E-state index contributed by atoms with van der Waals surface area (Å²) in [4.78, 5) is 0. The Bertz CT molecular complexity index is 617. The highest BCUT2D eigenvalue weighted by molar-refractivity contribution is 9.10. The van der Waals surface area contributed by atoms with E-state index >= 15 is 0 Å². The normalized spacial score (nSPS) is 12.4. The van der Waals surface area contributed by atoms with Gasteiger partial charge in [-0.2, -0.15) is 0 Å². The number of rotatable bonds is 4. The maximum atomic E-state index is 13.8. The van der Waals surface area contributed by atoms with E-state index in [0.717, 1.165) is 4.47 Å². The van der Waals surface area contributed by atoms with Gasteiger partial charge in [0.1, 0.15) is 11.6 Å². The molecule has 1 unspecified atom stereocenters. The van der Waals surface area contributed by atoms with Crippen LogP contribution in [0.5, 0.6) is 0 Å². The molecule has 0 aliphatic heterocycles. The zero-order chi connectivity index (χ0) is 14.7. The summed E-state index contributed by atoms with van der Waals surface area (Å²) in [7, 11) is 0. The lowest BCUT2D eigenvalue weighted by atomic mass is 9.98. The average Bonchev–Trinajstić information content (AvgIpc) is 2.43. The Balaban J connectivity index is 2.28. The molecule has 0 radical (unpaired) electrons. The maximum Gasteiger partial charge on any atom is 0.126 e. The minimum atomic E-state index is -0.353. The zero-order valence-electron chi connectivity index (χ0n) is 11.0. The number of benzene rings is 2. The Labute approximate surface area is 125 Å². The molecule has 0 aliphatic rings. The first-order chi connectivity index (χ1) is 9.51. The summed E-state index contributed by atoms with van der Waals surface area (Å²) in [5.74, 6) is 4.92. The van der Waals surface area contributed by atoms with Crippen LogP contribution in [0.1, 0.15) is 22.7 Å².